The van der Waals surface area contributed by atoms with Crippen LogP contribution in [0.15, 0.2) is 6.20 Å². The lowest BCUT2D eigenvalue weighted by Gasteiger charge is -2.12. The van der Waals surface area contributed by atoms with Crippen molar-refractivity contribution in [2.45, 2.75) is 3.79 Å². The van der Waals surface area contributed by atoms with Crippen molar-refractivity contribution in [3.8, 4) is 0 Å². The van der Waals surface area contributed by atoms with Crippen LogP contribution in [-0.2, 0) is 3.79 Å². The zero-order valence-corrected chi connectivity index (χ0v) is 10.3. The fourth-order valence-electron chi connectivity index (χ4n) is 0.641. The molecule has 0 spiro atoms. The molecule has 1 nitrogen and oxygen atoms in total. The summed E-state index contributed by atoms with van der Waals surface area (Å²) in [5.74, 6) is 0. The number of aromatic nitrogens is 1. The summed E-state index contributed by atoms with van der Waals surface area (Å²) in [7, 11) is 0. The molecule has 0 saturated carbocycles. The number of nitrogens with zero attached hydrogens (tertiary/aromatic N) is 1. The quantitative estimate of drug-likeness (QED) is 0.623. The van der Waals surface area contributed by atoms with Gasteiger partial charge in [0.15, 0.2) is 0 Å². The molecule has 0 aliphatic carbocycles. The molecule has 1 heterocycles. The highest BCUT2D eigenvalue weighted by molar-refractivity contribution is 6.67. The summed E-state index contributed by atoms with van der Waals surface area (Å²) in [5.41, 5.74) is 0.0635. The van der Waals surface area contributed by atoms with Crippen LogP contribution in [0.25, 0.3) is 0 Å². The van der Waals surface area contributed by atoms with Crippen molar-refractivity contribution in [2.75, 3.05) is 0 Å². The molecule has 0 saturated heterocycles. The van der Waals surface area contributed by atoms with Crippen LogP contribution in [0.4, 0.5) is 0 Å². The van der Waals surface area contributed by atoms with Gasteiger partial charge in [0.05, 0.1) is 15.1 Å². The van der Waals surface area contributed by atoms with Crippen molar-refractivity contribution in [2.24, 2.45) is 0 Å². The summed E-state index contributed by atoms with van der Waals surface area (Å²) in [6.45, 7) is 0. The predicted octanol–water partition coefficient (Wildman–Crippen LogP) is 4.87. The van der Waals surface area contributed by atoms with E-state index < -0.39 is 3.79 Å². The number of hydrogen-bond donors (Lipinski definition) is 0. The van der Waals surface area contributed by atoms with Crippen LogP contribution in [-0.4, -0.2) is 4.98 Å². The molecule has 0 radical (unpaired) electrons. The molecule has 1 aromatic rings. The van der Waals surface area contributed by atoms with Crippen molar-refractivity contribution >= 4 is 69.6 Å². The van der Waals surface area contributed by atoms with Gasteiger partial charge in [-0.2, -0.15) is 0 Å². The molecule has 0 aliphatic heterocycles. The van der Waals surface area contributed by atoms with Crippen LogP contribution in [0, 0.1) is 0 Å². The van der Waals surface area contributed by atoms with Gasteiger partial charge in [-0.3, -0.25) is 4.98 Å². The van der Waals surface area contributed by atoms with Gasteiger partial charge in [0.1, 0.15) is 5.69 Å². The maximum absolute atomic E-state index is 5.75. The van der Waals surface area contributed by atoms with E-state index >= 15 is 0 Å². The molecule has 1 aromatic heterocycles. The Hall–Kier alpha value is 0.890. The molecule has 0 amide bonds. The van der Waals surface area contributed by atoms with E-state index in [-0.39, 0.29) is 20.8 Å². The summed E-state index contributed by atoms with van der Waals surface area (Å²) >= 11 is 33.8. The highest BCUT2D eigenvalue weighted by Gasteiger charge is 2.29. The molecule has 1 rings (SSSR count). The first kappa shape index (κ1) is 12.0. The molecule has 0 unspecified atom stereocenters. The van der Waals surface area contributed by atoms with Crippen molar-refractivity contribution in [3.63, 3.8) is 0 Å². The molecular formula is C6HCl6N. The molecule has 0 atom stereocenters. The summed E-state index contributed by atoms with van der Waals surface area (Å²) < 4.78 is -1.70. The van der Waals surface area contributed by atoms with Gasteiger partial charge >= 0.3 is 0 Å². The fourth-order valence-corrected chi connectivity index (χ4v) is 1.84. The van der Waals surface area contributed by atoms with E-state index in [1.165, 1.54) is 6.20 Å². The fraction of sp³-hybridized carbons (Fsp3) is 0.167. The number of pyridine rings is 1. The van der Waals surface area contributed by atoms with E-state index in [1.54, 1.807) is 0 Å². The Bertz CT molecular complexity index is 331. The van der Waals surface area contributed by atoms with Crippen LogP contribution in [0.5, 0.6) is 0 Å². The standard InChI is InChI=1S/C6HCl6N/c7-2-1-13-5(6(10,11)12)4(9)3(2)8/h1H. The van der Waals surface area contributed by atoms with Gasteiger partial charge in [-0.15, -0.1) is 0 Å². The first-order valence-corrected chi connectivity index (χ1v) is 5.17. The van der Waals surface area contributed by atoms with Crippen molar-refractivity contribution in [1.82, 2.24) is 4.98 Å². The van der Waals surface area contributed by atoms with E-state index in [0.29, 0.717) is 0 Å². The highest BCUT2D eigenvalue weighted by Crippen LogP contribution is 2.43. The molecule has 0 bridgehead atoms. The lowest BCUT2D eigenvalue weighted by Crippen LogP contribution is -2.04. The van der Waals surface area contributed by atoms with Gasteiger partial charge in [-0.25, -0.2) is 0 Å². The van der Waals surface area contributed by atoms with Crippen molar-refractivity contribution in [1.29, 1.82) is 0 Å². The molecule has 0 fully saturated rings. The monoisotopic (exact) mass is 297 g/mol. The summed E-state index contributed by atoms with van der Waals surface area (Å²) in [6, 6.07) is 0. The SMILES string of the molecule is Clc1cnc(C(Cl)(Cl)Cl)c(Cl)c1Cl. The van der Waals surface area contributed by atoms with E-state index in [1.807, 2.05) is 0 Å². The van der Waals surface area contributed by atoms with Gasteiger partial charge in [0.2, 0.25) is 3.79 Å². The topological polar surface area (TPSA) is 12.9 Å². The van der Waals surface area contributed by atoms with Crippen LogP contribution in [0.2, 0.25) is 15.1 Å². The number of hydrogen-bond acceptors (Lipinski definition) is 1. The zero-order chi connectivity index (χ0) is 10.2. The maximum Gasteiger partial charge on any atom is 0.234 e. The van der Waals surface area contributed by atoms with Gasteiger partial charge in [-0.1, -0.05) is 69.6 Å². The highest BCUT2D eigenvalue weighted by atomic mass is 35.6. The number of rotatable bonds is 0. The van der Waals surface area contributed by atoms with Gasteiger partial charge in [0, 0.05) is 6.20 Å². The summed E-state index contributed by atoms with van der Waals surface area (Å²) in [4.78, 5) is 3.77. The van der Waals surface area contributed by atoms with Gasteiger partial charge < -0.3 is 0 Å². The largest absolute Gasteiger partial charge is 0.254 e. The molecule has 72 valence electrons. The second kappa shape index (κ2) is 4.18. The Morgan fingerprint density at radius 3 is 2.00 bits per heavy atom. The summed E-state index contributed by atoms with van der Waals surface area (Å²) in [6.07, 6.45) is 1.27. The zero-order valence-electron chi connectivity index (χ0n) is 5.79. The van der Waals surface area contributed by atoms with Crippen molar-refractivity contribution in [3.05, 3.63) is 27.0 Å². The molecule has 13 heavy (non-hydrogen) atoms. The average Bonchev–Trinajstić information content (AvgIpc) is 1.98. The minimum atomic E-state index is -1.70. The third-order valence-corrected chi connectivity index (χ3v) is 2.96. The third kappa shape index (κ3) is 2.68. The Kier molecular flexibility index (Phi) is 3.84. The Morgan fingerprint density at radius 1 is 1.00 bits per heavy atom. The van der Waals surface area contributed by atoms with Gasteiger partial charge in [-0.05, 0) is 0 Å². The number of halogens is 6. The summed E-state index contributed by atoms with van der Waals surface area (Å²) in [5, 5.41) is 0.387. The lowest BCUT2D eigenvalue weighted by molar-refractivity contribution is 1.09. The Balaban J connectivity index is 3.35. The van der Waals surface area contributed by atoms with Crippen molar-refractivity contribution < 1.29 is 0 Å². The molecule has 0 aliphatic rings. The van der Waals surface area contributed by atoms with E-state index in [9.17, 15) is 0 Å². The smallest absolute Gasteiger partial charge is 0.234 e. The molecular weight excluding hydrogens is 299 g/mol. The normalized spacial score (nSPS) is 11.8. The van der Waals surface area contributed by atoms with Crippen LogP contribution in [0.1, 0.15) is 5.69 Å². The van der Waals surface area contributed by atoms with Crippen LogP contribution in [0.3, 0.4) is 0 Å². The lowest BCUT2D eigenvalue weighted by atomic mass is 10.4. The second-order valence-electron chi connectivity index (χ2n) is 2.08. The molecule has 0 N–H and O–H groups in total. The van der Waals surface area contributed by atoms with Crippen LogP contribution < -0.4 is 0 Å². The average molecular weight is 300 g/mol. The number of alkyl halides is 3. The maximum atomic E-state index is 5.75. The van der Waals surface area contributed by atoms with E-state index in [4.69, 9.17) is 69.6 Å². The Morgan fingerprint density at radius 2 is 1.54 bits per heavy atom. The molecule has 0 aromatic carbocycles. The molecule has 7 heteroatoms. The van der Waals surface area contributed by atoms with Crippen LogP contribution >= 0.6 is 69.6 Å². The minimum absolute atomic E-state index is 0.0502. The first-order chi connectivity index (χ1) is 5.84. The Labute approximate surface area is 105 Å². The van der Waals surface area contributed by atoms with Gasteiger partial charge in [0.25, 0.3) is 0 Å². The predicted molar refractivity (Wildman–Crippen MR) is 58.5 cm³/mol. The third-order valence-electron chi connectivity index (χ3n) is 1.19. The minimum Gasteiger partial charge on any atom is -0.254 e. The van der Waals surface area contributed by atoms with E-state index in [2.05, 4.69) is 4.98 Å². The van der Waals surface area contributed by atoms with E-state index in [0.717, 1.165) is 0 Å². The second-order valence-corrected chi connectivity index (χ2v) is 5.52. The first-order valence-electron chi connectivity index (χ1n) is 2.90.